The van der Waals surface area contributed by atoms with Crippen LogP contribution in [0.3, 0.4) is 0 Å². The van der Waals surface area contributed by atoms with Gasteiger partial charge in [0.2, 0.25) is 0 Å². The molecule has 0 fully saturated rings. The van der Waals surface area contributed by atoms with Gasteiger partial charge in [0, 0.05) is 5.92 Å². The summed E-state index contributed by atoms with van der Waals surface area (Å²) in [5.74, 6) is 1.30. The van der Waals surface area contributed by atoms with Crippen molar-refractivity contribution in [2.24, 2.45) is 0 Å². The molecule has 0 radical (unpaired) electrons. The van der Waals surface area contributed by atoms with Crippen molar-refractivity contribution in [3.8, 4) is 5.75 Å². The lowest BCUT2D eigenvalue weighted by molar-refractivity contribution is 0.294. The zero-order valence-electron chi connectivity index (χ0n) is 11.6. The molecule has 0 saturated carbocycles. The topological polar surface area (TPSA) is 9.23 Å². The van der Waals surface area contributed by atoms with Crippen LogP contribution in [-0.2, 0) is 0 Å². The van der Waals surface area contributed by atoms with Crippen LogP contribution in [0, 0.1) is 13.8 Å². The second-order valence-electron chi connectivity index (χ2n) is 5.06. The van der Waals surface area contributed by atoms with Gasteiger partial charge >= 0.3 is 0 Å². The third kappa shape index (κ3) is 3.84. The molecule has 0 saturated heterocycles. The Morgan fingerprint density at radius 2 is 1.63 bits per heavy atom. The fourth-order valence-electron chi connectivity index (χ4n) is 1.93. The molecule has 100 valence electrons. The third-order valence-corrected chi connectivity index (χ3v) is 3.88. The molecule has 0 heterocycles. The standard InChI is InChI=1S/C17H19BrO/c1-12-4-7-15(8-5-12)14(3)11-19-17-10-13(2)6-9-16(17)18/h4-10,14H,11H2,1-3H3/t14-/m0/s1. The summed E-state index contributed by atoms with van der Waals surface area (Å²) in [6.07, 6.45) is 0. The highest BCUT2D eigenvalue weighted by Gasteiger charge is 2.08. The second kappa shape index (κ2) is 6.25. The van der Waals surface area contributed by atoms with E-state index in [4.69, 9.17) is 4.74 Å². The van der Waals surface area contributed by atoms with Crippen LogP contribution in [0.5, 0.6) is 5.75 Å². The number of aryl methyl sites for hydroxylation is 2. The van der Waals surface area contributed by atoms with Crippen LogP contribution >= 0.6 is 15.9 Å². The predicted octanol–water partition coefficient (Wildman–Crippen LogP) is 5.25. The third-order valence-electron chi connectivity index (χ3n) is 3.22. The Morgan fingerprint density at radius 3 is 2.32 bits per heavy atom. The van der Waals surface area contributed by atoms with E-state index in [0.29, 0.717) is 12.5 Å². The normalized spacial score (nSPS) is 12.2. The van der Waals surface area contributed by atoms with Crippen molar-refractivity contribution in [2.75, 3.05) is 6.61 Å². The Balaban J connectivity index is 2.02. The number of hydrogen-bond donors (Lipinski definition) is 0. The maximum atomic E-state index is 5.92. The zero-order chi connectivity index (χ0) is 13.8. The monoisotopic (exact) mass is 318 g/mol. The smallest absolute Gasteiger partial charge is 0.133 e. The van der Waals surface area contributed by atoms with E-state index in [2.05, 4.69) is 73.1 Å². The van der Waals surface area contributed by atoms with E-state index in [9.17, 15) is 0 Å². The van der Waals surface area contributed by atoms with E-state index < -0.39 is 0 Å². The maximum absolute atomic E-state index is 5.92. The van der Waals surface area contributed by atoms with Gasteiger partial charge in [-0.05, 0) is 53.0 Å². The quantitative estimate of drug-likeness (QED) is 0.748. The molecule has 0 aliphatic heterocycles. The Labute approximate surface area is 123 Å². The minimum Gasteiger partial charge on any atom is -0.492 e. The fourth-order valence-corrected chi connectivity index (χ4v) is 2.29. The van der Waals surface area contributed by atoms with Crippen LogP contribution in [0.25, 0.3) is 0 Å². The van der Waals surface area contributed by atoms with Crippen molar-refractivity contribution in [1.82, 2.24) is 0 Å². The highest BCUT2D eigenvalue weighted by atomic mass is 79.9. The first-order valence-corrected chi connectivity index (χ1v) is 7.31. The van der Waals surface area contributed by atoms with E-state index in [-0.39, 0.29) is 0 Å². The Morgan fingerprint density at radius 1 is 1.00 bits per heavy atom. The van der Waals surface area contributed by atoms with Crippen molar-refractivity contribution >= 4 is 15.9 Å². The zero-order valence-corrected chi connectivity index (χ0v) is 13.2. The molecular formula is C17H19BrO. The maximum Gasteiger partial charge on any atom is 0.133 e. The van der Waals surface area contributed by atoms with E-state index >= 15 is 0 Å². The van der Waals surface area contributed by atoms with Gasteiger partial charge in [-0.2, -0.15) is 0 Å². The lowest BCUT2D eigenvalue weighted by Gasteiger charge is -2.15. The van der Waals surface area contributed by atoms with Gasteiger partial charge in [0.25, 0.3) is 0 Å². The first-order chi connectivity index (χ1) is 9.06. The van der Waals surface area contributed by atoms with Gasteiger partial charge in [-0.3, -0.25) is 0 Å². The molecule has 0 aromatic heterocycles. The summed E-state index contributed by atoms with van der Waals surface area (Å²) in [4.78, 5) is 0. The van der Waals surface area contributed by atoms with Gasteiger partial charge in [-0.1, -0.05) is 42.8 Å². The highest BCUT2D eigenvalue weighted by Crippen LogP contribution is 2.27. The minimum absolute atomic E-state index is 0.382. The Bertz CT molecular complexity index is 546. The van der Waals surface area contributed by atoms with Crippen molar-refractivity contribution in [3.05, 3.63) is 63.6 Å². The van der Waals surface area contributed by atoms with Crippen molar-refractivity contribution < 1.29 is 4.74 Å². The van der Waals surface area contributed by atoms with E-state index in [0.717, 1.165) is 10.2 Å². The van der Waals surface area contributed by atoms with Crippen LogP contribution in [0.4, 0.5) is 0 Å². The molecule has 0 aliphatic rings. The van der Waals surface area contributed by atoms with Gasteiger partial charge in [0.05, 0.1) is 11.1 Å². The number of halogens is 1. The molecule has 0 aliphatic carbocycles. The SMILES string of the molecule is Cc1ccc([C@@H](C)COc2cc(C)ccc2Br)cc1. The van der Waals surface area contributed by atoms with Crippen LogP contribution in [0.1, 0.15) is 29.5 Å². The number of rotatable bonds is 4. The molecule has 2 heteroatoms. The summed E-state index contributed by atoms with van der Waals surface area (Å²) >= 11 is 3.52. The number of ether oxygens (including phenoxy) is 1. The molecule has 1 nitrogen and oxygen atoms in total. The van der Waals surface area contributed by atoms with Crippen LogP contribution in [-0.4, -0.2) is 6.61 Å². The van der Waals surface area contributed by atoms with Gasteiger partial charge in [-0.25, -0.2) is 0 Å². The fraction of sp³-hybridized carbons (Fsp3) is 0.294. The Kier molecular flexibility index (Phi) is 4.65. The number of benzene rings is 2. The molecule has 2 aromatic rings. The highest BCUT2D eigenvalue weighted by molar-refractivity contribution is 9.10. The summed E-state index contributed by atoms with van der Waals surface area (Å²) in [7, 11) is 0. The lowest BCUT2D eigenvalue weighted by Crippen LogP contribution is -2.07. The summed E-state index contributed by atoms with van der Waals surface area (Å²) in [5, 5.41) is 0. The summed E-state index contributed by atoms with van der Waals surface area (Å²) in [6, 6.07) is 14.8. The molecule has 0 amide bonds. The largest absolute Gasteiger partial charge is 0.492 e. The molecule has 0 bridgehead atoms. The molecule has 0 unspecified atom stereocenters. The molecule has 0 N–H and O–H groups in total. The summed E-state index contributed by atoms with van der Waals surface area (Å²) in [6.45, 7) is 7.05. The average molecular weight is 319 g/mol. The van der Waals surface area contributed by atoms with E-state index in [1.165, 1.54) is 16.7 Å². The first kappa shape index (κ1) is 14.1. The van der Waals surface area contributed by atoms with Crippen LogP contribution in [0.2, 0.25) is 0 Å². The molecule has 19 heavy (non-hydrogen) atoms. The predicted molar refractivity (Wildman–Crippen MR) is 84.0 cm³/mol. The van der Waals surface area contributed by atoms with Crippen LogP contribution < -0.4 is 4.74 Å². The minimum atomic E-state index is 0.382. The second-order valence-corrected chi connectivity index (χ2v) is 5.91. The van der Waals surface area contributed by atoms with Gasteiger partial charge in [-0.15, -0.1) is 0 Å². The summed E-state index contributed by atoms with van der Waals surface area (Å²) in [5.41, 5.74) is 3.81. The average Bonchev–Trinajstić information content (AvgIpc) is 2.40. The van der Waals surface area contributed by atoms with Crippen molar-refractivity contribution in [2.45, 2.75) is 26.7 Å². The molecule has 1 atom stereocenters. The molecule has 2 aromatic carbocycles. The van der Waals surface area contributed by atoms with Gasteiger partial charge < -0.3 is 4.74 Å². The first-order valence-electron chi connectivity index (χ1n) is 6.52. The summed E-state index contributed by atoms with van der Waals surface area (Å²) < 4.78 is 6.93. The molecule has 0 spiro atoms. The lowest BCUT2D eigenvalue weighted by atomic mass is 10.0. The Hall–Kier alpha value is -1.28. The number of hydrogen-bond acceptors (Lipinski definition) is 1. The van der Waals surface area contributed by atoms with Crippen LogP contribution in [0.15, 0.2) is 46.9 Å². The molecular weight excluding hydrogens is 300 g/mol. The van der Waals surface area contributed by atoms with Crippen molar-refractivity contribution in [3.63, 3.8) is 0 Å². The molecule has 2 rings (SSSR count). The van der Waals surface area contributed by atoms with E-state index in [1.807, 2.05) is 6.07 Å². The van der Waals surface area contributed by atoms with Gasteiger partial charge in [0.15, 0.2) is 0 Å². The van der Waals surface area contributed by atoms with E-state index in [1.54, 1.807) is 0 Å². The van der Waals surface area contributed by atoms with Crippen molar-refractivity contribution in [1.29, 1.82) is 0 Å². The van der Waals surface area contributed by atoms with Gasteiger partial charge in [0.1, 0.15) is 5.75 Å².